The molecule has 21 heavy (non-hydrogen) atoms. The van der Waals surface area contributed by atoms with Crippen molar-refractivity contribution in [1.29, 1.82) is 5.26 Å². The van der Waals surface area contributed by atoms with E-state index in [1.807, 2.05) is 6.07 Å². The lowest BCUT2D eigenvalue weighted by Gasteiger charge is -2.09. The molecule has 2 heterocycles. The number of nitrogens with one attached hydrogen (secondary N) is 1. The van der Waals surface area contributed by atoms with Crippen molar-refractivity contribution >= 4 is 11.6 Å². The van der Waals surface area contributed by atoms with Crippen LogP contribution in [-0.4, -0.2) is 17.5 Å². The fourth-order valence-corrected chi connectivity index (χ4v) is 1.68. The molecule has 2 aromatic rings. The largest absolute Gasteiger partial charge is 0.477 e. The minimum absolute atomic E-state index is 0.0585. The van der Waals surface area contributed by atoms with Gasteiger partial charge in [-0.2, -0.15) is 5.26 Å². The number of pyridine rings is 1. The fourth-order valence-electron chi connectivity index (χ4n) is 1.68. The van der Waals surface area contributed by atoms with Crippen molar-refractivity contribution in [3.05, 3.63) is 41.5 Å². The van der Waals surface area contributed by atoms with Gasteiger partial charge in [0.05, 0.1) is 25.1 Å². The highest BCUT2D eigenvalue weighted by Gasteiger charge is 2.16. The monoisotopic (exact) mass is 286 g/mol. The minimum Gasteiger partial charge on any atom is -0.477 e. The van der Waals surface area contributed by atoms with Crippen LogP contribution in [0.25, 0.3) is 0 Å². The molecule has 0 bridgehead atoms. The number of hydrogen-bond donors (Lipinski definition) is 2. The molecule has 0 saturated carbocycles. The molecule has 0 unspecified atom stereocenters. The van der Waals surface area contributed by atoms with E-state index in [9.17, 15) is 4.79 Å². The summed E-state index contributed by atoms with van der Waals surface area (Å²) in [7, 11) is 0. The van der Waals surface area contributed by atoms with E-state index in [1.165, 1.54) is 12.3 Å². The molecular weight excluding hydrogens is 272 g/mol. The van der Waals surface area contributed by atoms with Crippen LogP contribution in [-0.2, 0) is 6.54 Å². The molecule has 2 aromatic heterocycles. The number of nitrogen functional groups attached to an aromatic ring is 1. The Balaban J connectivity index is 2.19. The van der Waals surface area contributed by atoms with E-state index in [4.69, 9.17) is 20.1 Å². The van der Waals surface area contributed by atoms with Crippen LogP contribution in [0.4, 0.5) is 5.69 Å². The van der Waals surface area contributed by atoms with E-state index in [1.54, 1.807) is 19.1 Å². The summed E-state index contributed by atoms with van der Waals surface area (Å²) in [5, 5.41) is 11.7. The lowest BCUT2D eigenvalue weighted by Crippen LogP contribution is -2.24. The Kier molecular flexibility index (Phi) is 4.41. The normalized spacial score (nSPS) is 9.90. The average molecular weight is 286 g/mol. The maximum Gasteiger partial charge on any atom is 0.270 e. The molecule has 7 heteroatoms. The van der Waals surface area contributed by atoms with Gasteiger partial charge in [0, 0.05) is 0 Å². The van der Waals surface area contributed by atoms with Crippen LogP contribution < -0.4 is 15.8 Å². The van der Waals surface area contributed by atoms with Crippen molar-refractivity contribution in [2.24, 2.45) is 0 Å². The number of nitrogens with zero attached hydrogens (tertiary/aromatic N) is 2. The number of nitriles is 1. The number of carbonyl (C=O) groups is 1. The third-order valence-corrected chi connectivity index (χ3v) is 2.65. The van der Waals surface area contributed by atoms with Crippen molar-refractivity contribution in [3.8, 4) is 11.9 Å². The van der Waals surface area contributed by atoms with Crippen molar-refractivity contribution in [3.63, 3.8) is 0 Å². The molecule has 108 valence electrons. The molecule has 0 atom stereocenters. The Hall–Kier alpha value is -3.01. The number of ether oxygens (including phenoxy) is 1. The van der Waals surface area contributed by atoms with Crippen molar-refractivity contribution in [1.82, 2.24) is 10.3 Å². The quantitative estimate of drug-likeness (QED) is 0.859. The summed E-state index contributed by atoms with van der Waals surface area (Å²) in [4.78, 5) is 16.1. The Bertz CT molecular complexity index is 674. The van der Waals surface area contributed by atoms with Crippen LogP contribution in [0.3, 0.4) is 0 Å². The van der Waals surface area contributed by atoms with E-state index in [0.717, 1.165) is 0 Å². The second kappa shape index (κ2) is 6.43. The molecule has 0 spiro atoms. The number of amides is 1. The Labute approximate surface area is 121 Å². The number of aromatic nitrogens is 1. The topological polar surface area (TPSA) is 114 Å². The van der Waals surface area contributed by atoms with E-state index in [-0.39, 0.29) is 29.4 Å². The SMILES string of the molecule is CCOc1nc(C(=O)NCc2ccco2)cc(N)c1C#N. The standard InChI is InChI=1S/C14H14N4O3/c1-2-20-14-10(7-15)11(16)6-12(18-14)13(19)17-8-9-4-3-5-21-9/h3-6H,2,8H2,1H3,(H2,16,18)(H,17,19). The Morgan fingerprint density at radius 3 is 3.05 bits per heavy atom. The minimum atomic E-state index is -0.427. The molecule has 0 aliphatic rings. The summed E-state index contributed by atoms with van der Waals surface area (Å²) in [6.07, 6.45) is 1.52. The summed E-state index contributed by atoms with van der Waals surface area (Å²) in [5.41, 5.74) is 6.11. The third-order valence-electron chi connectivity index (χ3n) is 2.65. The van der Waals surface area contributed by atoms with Gasteiger partial charge < -0.3 is 20.2 Å². The summed E-state index contributed by atoms with van der Waals surface area (Å²) < 4.78 is 10.4. The number of rotatable bonds is 5. The van der Waals surface area contributed by atoms with Gasteiger partial charge in [0.25, 0.3) is 5.91 Å². The van der Waals surface area contributed by atoms with Gasteiger partial charge in [-0.25, -0.2) is 4.98 Å². The predicted octanol–water partition coefficient (Wildman–Crippen LogP) is 1.46. The van der Waals surface area contributed by atoms with Gasteiger partial charge in [-0.1, -0.05) is 0 Å². The van der Waals surface area contributed by atoms with Crippen LogP contribution in [0, 0.1) is 11.3 Å². The van der Waals surface area contributed by atoms with E-state index in [2.05, 4.69) is 10.3 Å². The maximum atomic E-state index is 12.0. The van der Waals surface area contributed by atoms with E-state index in [0.29, 0.717) is 12.4 Å². The van der Waals surface area contributed by atoms with Gasteiger partial charge >= 0.3 is 0 Å². The molecule has 7 nitrogen and oxygen atoms in total. The summed E-state index contributed by atoms with van der Waals surface area (Å²) >= 11 is 0. The highest BCUT2D eigenvalue weighted by molar-refractivity contribution is 5.93. The second-order valence-electron chi connectivity index (χ2n) is 4.08. The van der Waals surface area contributed by atoms with Crippen LogP contribution in [0.1, 0.15) is 28.7 Å². The van der Waals surface area contributed by atoms with E-state index >= 15 is 0 Å². The van der Waals surface area contributed by atoms with Crippen LogP contribution in [0.2, 0.25) is 0 Å². The second-order valence-corrected chi connectivity index (χ2v) is 4.08. The Morgan fingerprint density at radius 1 is 1.62 bits per heavy atom. The van der Waals surface area contributed by atoms with Crippen LogP contribution in [0.15, 0.2) is 28.9 Å². The van der Waals surface area contributed by atoms with Gasteiger partial charge in [-0.15, -0.1) is 0 Å². The summed E-state index contributed by atoms with van der Waals surface area (Å²) in [6.45, 7) is 2.30. The number of nitrogens with two attached hydrogens (primary N) is 1. The smallest absolute Gasteiger partial charge is 0.270 e. The highest BCUT2D eigenvalue weighted by atomic mass is 16.5. The third kappa shape index (κ3) is 3.30. The zero-order chi connectivity index (χ0) is 15.2. The number of furan rings is 1. The maximum absolute atomic E-state index is 12.0. The van der Waals surface area contributed by atoms with Crippen LogP contribution in [0.5, 0.6) is 5.88 Å². The number of hydrogen-bond acceptors (Lipinski definition) is 6. The molecule has 3 N–H and O–H groups in total. The van der Waals surface area contributed by atoms with Crippen LogP contribution >= 0.6 is 0 Å². The fraction of sp³-hybridized carbons (Fsp3) is 0.214. The molecule has 0 aromatic carbocycles. The number of carbonyl (C=O) groups excluding carboxylic acids is 1. The lowest BCUT2D eigenvalue weighted by atomic mass is 10.2. The first kappa shape index (κ1) is 14.4. The van der Waals surface area contributed by atoms with E-state index < -0.39 is 5.91 Å². The molecule has 2 rings (SSSR count). The zero-order valence-electron chi connectivity index (χ0n) is 11.4. The molecule has 1 amide bonds. The predicted molar refractivity (Wildman–Crippen MR) is 74.4 cm³/mol. The summed E-state index contributed by atoms with van der Waals surface area (Å²) in [6, 6.07) is 6.73. The molecule has 0 aliphatic heterocycles. The molecule has 0 radical (unpaired) electrons. The lowest BCUT2D eigenvalue weighted by molar-refractivity contribution is 0.0942. The average Bonchev–Trinajstić information content (AvgIpc) is 2.98. The molecular formula is C14H14N4O3. The van der Waals surface area contributed by atoms with Gasteiger partial charge in [0.2, 0.25) is 5.88 Å². The first-order valence-electron chi connectivity index (χ1n) is 6.29. The molecule has 0 aliphatic carbocycles. The number of anilines is 1. The van der Waals surface area contributed by atoms with Gasteiger partial charge in [0.15, 0.2) is 0 Å². The van der Waals surface area contributed by atoms with Crippen molar-refractivity contribution in [2.75, 3.05) is 12.3 Å². The molecule has 0 fully saturated rings. The molecule has 0 saturated heterocycles. The highest BCUT2D eigenvalue weighted by Crippen LogP contribution is 2.22. The van der Waals surface area contributed by atoms with Crippen molar-refractivity contribution < 1.29 is 13.9 Å². The van der Waals surface area contributed by atoms with Crippen molar-refractivity contribution in [2.45, 2.75) is 13.5 Å². The first-order chi connectivity index (χ1) is 10.2. The van der Waals surface area contributed by atoms with Gasteiger partial charge in [0.1, 0.15) is 23.1 Å². The zero-order valence-corrected chi connectivity index (χ0v) is 11.4. The summed E-state index contributed by atoms with van der Waals surface area (Å²) in [5.74, 6) is 0.252. The van der Waals surface area contributed by atoms with Gasteiger partial charge in [-0.05, 0) is 25.1 Å². The first-order valence-corrected chi connectivity index (χ1v) is 6.29. The van der Waals surface area contributed by atoms with Gasteiger partial charge in [-0.3, -0.25) is 4.79 Å². The Morgan fingerprint density at radius 2 is 2.43 bits per heavy atom.